The molecule has 2 heterocycles. The zero-order chi connectivity index (χ0) is 22.9. The standard InChI is InChI=1S/C24H29N3O4S/c1-16-6-8-21(17(2)14-16)26-24(29)18-10-12-27(13-11-18)32(30,31)20-7-9-22-19(15-20)4-3-5-23(28)25-22/h6-9,14-15,18H,3-5,10-13H2,1-2H3,(H,25,28)(H,26,29). The Hall–Kier alpha value is -2.71. The van der Waals surface area contributed by atoms with E-state index in [9.17, 15) is 18.0 Å². The predicted octanol–water partition coefficient (Wildman–Crippen LogP) is 3.62. The van der Waals surface area contributed by atoms with E-state index in [-0.39, 0.29) is 22.6 Å². The Morgan fingerprint density at radius 1 is 1.06 bits per heavy atom. The number of anilines is 2. The lowest BCUT2D eigenvalue weighted by molar-refractivity contribution is -0.121. The van der Waals surface area contributed by atoms with Crippen molar-refractivity contribution in [1.82, 2.24) is 4.31 Å². The minimum absolute atomic E-state index is 0.0412. The Balaban J connectivity index is 1.41. The summed E-state index contributed by atoms with van der Waals surface area (Å²) in [5.74, 6) is -0.320. The average Bonchev–Trinajstić information content (AvgIpc) is 2.95. The topological polar surface area (TPSA) is 95.6 Å². The van der Waals surface area contributed by atoms with Crippen molar-refractivity contribution >= 4 is 33.2 Å². The van der Waals surface area contributed by atoms with Crippen LogP contribution < -0.4 is 10.6 Å². The molecule has 2 aromatic rings. The van der Waals surface area contributed by atoms with E-state index >= 15 is 0 Å². The van der Waals surface area contributed by atoms with Gasteiger partial charge < -0.3 is 10.6 Å². The van der Waals surface area contributed by atoms with Gasteiger partial charge >= 0.3 is 0 Å². The number of nitrogens with zero attached hydrogens (tertiary/aromatic N) is 1. The van der Waals surface area contributed by atoms with Crippen LogP contribution in [0.2, 0.25) is 0 Å². The van der Waals surface area contributed by atoms with Gasteiger partial charge in [-0.25, -0.2) is 8.42 Å². The molecule has 2 N–H and O–H groups in total. The summed E-state index contributed by atoms with van der Waals surface area (Å²) in [6.07, 6.45) is 2.77. The number of fused-ring (bicyclic) bond motifs is 1. The van der Waals surface area contributed by atoms with Gasteiger partial charge in [-0.1, -0.05) is 17.7 Å². The summed E-state index contributed by atoms with van der Waals surface area (Å²) in [5, 5.41) is 5.83. The van der Waals surface area contributed by atoms with Crippen molar-refractivity contribution in [3.63, 3.8) is 0 Å². The molecule has 2 aliphatic rings. The maximum Gasteiger partial charge on any atom is 0.243 e. The lowest BCUT2D eigenvalue weighted by Gasteiger charge is -2.30. The predicted molar refractivity (Wildman–Crippen MR) is 124 cm³/mol. The fourth-order valence-electron chi connectivity index (χ4n) is 4.41. The first-order chi connectivity index (χ1) is 15.2. The van der Waals surface area contributed by atoms with Crippen molar-refractivity contribution in [2.24, 2.45) is 5.92 Å². The third kappa shape index (κ3) is 4.71. The van der Waals surface area contributed by atoms with Crippen molar-refractivity contribution in [2.75, 3.05) is 23.7 Å². The minimum atomic E-state index is -3.65. The zero-order valence-corrected chi connectivity index (χ0v) is 19.3. The van der Waals surface area contributed by atoms with Gasteiger partial charge in [0.1, 0.15) is 0 Å². The Morgan fingerprint density at radius 2 is 1.81 bits per heavy atom. The number of carbonyl (C=O) groups is 2. The molecule has 0 aromatic heterocycles. The van der Waals surface area contributed by atoms with Crippen LogP contribution in [0.3, 0.4) is 0 Å². The van der Waals surface area contributed by atoms with Gasteiger partial charge in [-0.2, -0.15) is 4.31 Å². The molecule has 2 amide bonds. The molecule has 2 aliphatic heterocycles. The molecule has 0 atom stereocenters. The molecule has 170 valence electrons. The molecular formula is C24H29N3O4S. The van der Waals surface area contributed by atoms with Gasteiger partial charge in [-0.15, -0.1) is 0 Å². The fraction of sp³-hybridized carbons (Fsp3) is 0.417. The monoisotopic (exact) mass is 455 g/mol. The SMILES string of the molecule is Cc1ccc(NC(=O)C2CCN(S(=O)(=O)c3ccc4c(c3)CCCC(=O)N4)CC2)c(C)c1. The van der Waals surface area contributed by atoms with E-state index in [1.165, 1.54) is 4.31 Å². The van der Waals surface area contributed by atoms with E-state index in [2.05, 4.69) is 10.6 Å². The van der Waals surface area contributed by atoms with Crippen molar-refractivity contribution in [3.8, 4) is 0 Å². The molecule has 0 unspecified atom stereocenters. The molecule has 32 heavy (non-hydrogen) atoms. The molecule has 0 spiro atoms. The van der Waals surface area contributed by atoms with Gasteiger partial charge in [0, 0.05) is 36.8 Å². The van der Waals surface area contributed by atoms with Gasteiger partial charge in [0.15, 0.2) is 0 Å². The second-order valence-corrected chi connectivity index (χ2v) is 10.6. The number of rotatable bonds is 4. The van der Waals surface area contributed by atoms with Crippen LogP contribution in [0.1, 0.15) is 42.4 Å². The maximum atomic E-state index is 13.2. The second kappa shape index (κ2) is 9.03. The molecule has 0 aliphatic carbocycles. The van der Waals surface area contributed by atoms with Crippen LogP contribution in [0.15, 0.2) is 41.3 Å². The van der Waals surface area contributed by atoms with Gasteiger partial charge in [0.2, 0.25) is 21.8 Å². The van der Waals surface area contributed by atoms with E-state index in [1.54, 1.807) is 18.2 Å². The third-order valence-corrected chi connectivity index (χ3v) is 8.20. The van der Waals surface area contributed by atoms with E-state index in [0.717, 1.165) is 22.4 Å². The first kappa shape index (κ1) is 22.5. The maximum absolute atomic E-state index is 13.2. The van der Waals surface area contributed by atoms with E-state index in [4.69, 9.17) is 0 Å². The summed E-state index contributed by atoms with van der Waals surface area (Å²) >= 11 is 0. The molecule has 7 nitrogen and oxygen atoms in total. The Bertz CT molecular complexity index is 1150. The average molecular weight is 456 g/mol. The highest BCUT2D eigenvalue weighted by molar-refractivity contribution is 7.89. The highest BCUT2D eigenvalue weighted by Gasteiger charge is 2.32. The summed E-state index contributed by atoms with van der Waals surface area (Å²) in [7, 11) is -3.65. The largest absolute Gasteiger partial charge is 0.326 e. The third-order valence-electron chi connectivity index (χ3n) is 6.30. The minimum Gasteiger partial charge on any atom is -0.326 e. The Morgan fingerprint density at radius 3 is 2.53 bits per heavy atom. The molecule has 0 bridgehead atoms. The molecule has 0 radical (unpaired) electrons. The summed E-state index contributed by atoms with van der Waals surface area (Å²) < 4.78 is 27.9. The normalized spacial score (nSPS) is 17.9. The number of sulfonamides is 1. The highest BCUT2D eigenvalue weighted by atomic mass is 32.2. The molecule has 4 rings (SSSR count). The van der Waals surface area contributed by atoms with E-state index in [1.807, 2.05) is 32.0 Å². The van der Waals surface area contributed by atoms with Crippen LogP contribution >= 0.6 is 0 Å². The number of aryl methyl sites for hydroxylation is 3. The summed E-state index contributed by atoms with van der Waals surface area (Å²) in [5.41, 5.74) is 4.48. The van der Waals surface area contributed by atoms with Crippen LogP contribution in [0.25, 0.3) is 0 Å². The van der Waals surface area contributed by atoms with Gasteiger partial charge in [0.05, 0.1) is 4.90 Å². The molecule has 1 fully saturated rings. The number of hydrogen-bond donors (Lipinski definition) is 2. The number of amides is 2. The lowest BCUT2D eigenvalue weighted by atomic mass is 9.97. The van der Waals surface area contributed by atoms with Gasteiger partial charge in [0.25, 0.3) is 0 Å². The Kier molecular flexibility index (Phi) is 6.35. The number of piperidine rings is 1. The first-order valence-corrected chi connectivity index (χ1v) is 12.5. The molecule has 0 saturated carbocycles. The van der Waals surface area contributed by atoms with Crippen LogP contribution in [-0.4, -0.2) is 37.6 Å². The molecular weight excluding hydrogens is 426 g/mol. The summed E-state index contributed by atoms with van der Waals surface area (Å²) in [6.45, 7) is 4.58. The molecule has 1 saturated heterocycles. The number of carbonyl (C=O) groups excluding carboxylic acids is 2. The lowest BCUT2D eigenvalue weighted by Crippen LogP contribution is -2.41. The summed E-state index contributed by atoms with van der Waals surface area (Å²) in [6, 6.07) is 10.8. The van der Waals surface area contributed by atoms with E-state index in [0.29, 0.717) is 50.9 Å². The number of hydrogen-bond acceptors (Lipinski definition) is 4. The van der Waals surface area contributed by atoms with Crippen LogP contribution in [-0.2, 0) is 26.0 Å². The first-order valence-electron chi connectivity index (χ1n) is 11.0. The van der Waals surface area contributed by atoms with E-state index < -0.39 is 10.0 Å². The van der Waals surface area contributed by atoms with Gasteiger partial charge in [-0.3, -0.25) is 9.59 Å². The number of benzene rings is 2. The molecule has 8 heteroatoms. The Labute approximate surface area is 189 Å². The van der Waals surface area contributed by atoms with Crippen LogP contribution in [0.4, 0.5) is 11.4 Å². The van der Waals surface area contributed by atoms with Crippen molar-refractivity contribution in [3.05, 3.63) is 53.1 Å². The van der Waals surface area contributed by atoms with Gasteiger partial charge in [-0.05, 0) is 74.9 Å². The fourth-order valence-corrected chi connectivity index (χ4v) is 5.93. The summed E-state index contributed by atoms with van der Waals surface area (Å²) in [4.78, 5) is 24.7. The van der Waals surface area contributed by atoms with Crippen molar-refractivity contribution in [2.45, 2.75) is 50.8 Å². The highest BCUT2D eigenvalue weighted by Crippen LogP contribution is 2.29. The smallest absolute Gasteiger partial charge is 0.243 e. The van der Waals surface area contributed by atoms with Crippen molar-refractivity contribution in [1.29, 1.82) is 0 Å². The number of nitrogens with one attached hydrogen (secondary N) is 2. The second-order valence-electron chi connectivity index (χ2n) is 8.71. The quantitative estimate of drug-likeness (QED) is 0.736. The van der Waals surface area contributed by atoms with Crippen molar-refractivity contribution < 1.29 is 18.0 Å². The molecule has 2 aromatic carbocycles. The van der Waals surface area contributed by atoms with Crippen LogP contribution in [0, 0.1) is 19.8 Å². The van der Waals surface area contributed by atoms with Crippen LogP contribution in [0.5, 0.6) is 0 Å². The zero-order valence-electron chi connectivity index (χ0n) is 18.5.